The van der Waals surface area contributed by atoms with Crippen LogP contribution in [0.5, 0.6) is 0 Å². The van der Waals surface area contributed by atoms with Crippen LogP contribution >= 0.6 is 23.4 Å². The maximum atomic E-state index is 9.00. The Bertz CT molecular complexity index is 362. The zero-order valence-corrected chi connectivity index (χ0v) is 10.8. The highest BCUT2D eigenvalue weighted by Crippen LogP contribution is 2.16. The molecule has 1 aromatic rings. The van der Waals surface area contributed by atoms with E-state index in [0.717, 1.165) is 23.6 Å². The molecule has 0 bridgehead atoms. The van der Waals surface area contributed by atoms with Crippen molar-refractivity contribution in [3.05, 3.63) is 29.3 Å². The van der Waals surface area contributed by atoms with Crippen molar-refractivity contribution in [2.24, 2.45) is 0 Å². The number of nitrogens with one attached hydrogen (secondary N) is 1. The molecule has 1 unspecified atom stereocenters. The Morgan fingerprint density at radius 1 is 1.56 bits per heavy atom. The molecule has 0 aliphatic rings. The van der Waals surface area contributed by atoms with Crippen LogP contribution in [-0.4, -0.2) is 17.5 Å². The lowest BCUT2D eigenvalue weighted by Crippen LogP contribution is -2.18. The number of thioether (sulfide) groups is 1. The summed E-state index contributed by atoms with van der Waals surface area (Å²) < 4.78 is 0. The fourth-order valence-electron chi connectivity index (χ4n) is 1.29. The third-order valence-corrected chi connectivity index (χ3v) is 3.24. The van der Waals surface area contributed by atoms with Crippen LogP contribution in [0.3, 0.4) is 0 Å². The number of halogens is 1. The first-order chi connectivity index (χ1) is 7.76. The van der Waals surface area contributed by atoms with Crippen LogP contribution < -0.4 is 5.32 Å². The first kappa shape index (κ1) is 13.2. The number of hydrogen-bond donors (Lipinski definition) is 1. The minimum Gasteiger partial charge on any atom is -0.370 e. The van der Waals surface area contributed by atoms with Gasteiger partial charge in [0.15, 0.2) is 0 Å². The highest BCUT2D eigenvalue weighted by molar-refractivity contribution is 7.99. The van der Waals surface area contributed by atoms with Gasteiger partial charge in [-0.3, -0.25) is 0 Å². The van der Waals surface area contributed by atoms with Crippen LogP contribution in [0.4, 0.5) is 5.69 Å². The maximum absolute atomic E-state index is 9.00. The Hall–Kier alpha value is -0.850. The van der Waals surface area contributed by atoms with Crippen LogP contribution in [-0.2, 0) is 0 Å². The van der Waals surface area contributed by atoms with Gasteiger partial charge in [0.2, 0.25) is 0 Å². The molecular weight excluding hydrogens is 240 g/mol. The van der Waals surface area contributed by atoms with Crippen molar-refractivity contribution in [2.45, 2.75) is 19.4 Å². The van der Waals surface area contributed by atoms with E-state index in [0.29, 0.717) is 5.02 Å². The van der Waals surface area contributed by atoms with Gasteiger partial charge in [-0.1, -0.05) is 24.6 Å². The summed E-state index contributed by atoms with van der Waals surface area (Å²) in [7, 11) is 0. The number of nitriles is 1. The second kappa shape index (κ2) is 7.43. The first-order valence-electron chi connectivity index (χ1n) is 5.25. The van der Waals surface area contributed by atoms with Crippen molar-refractivity contribution in [3.63, 3.8) is 0 Å². The lowest BCUT2D eigenvalue weighted by molar-refractivity contribution is 0.854. The standard InChI is InChI=1S/C12H15ClN2S/c1-2-16-7-6-12(9-14)15-11-5-3-4-10(13)8-11/h3-5,8,12,15H,2,6-7H2,1H3. The minimum absolute atomic E-state index is 0.141. The van der Waals surface area contributed by atoms with Gasteiger partial charge in [-0.05, 0) is 36.1 Å². The van der Waals surface area contributed by atoms with Crippen molar-refractivity contribution in [1.29, 1.82) is 5.26 Å². The molecule has 0 spiro atoms. The number of rotatable bonds is 6. The van der Waals surface area contributed by atoms with Gasteiger partial charge in [0, 0.05) is 10.7 Å². The van der Waals surface area contributed by atoms with Crippen LogP contribution in [0.25, 0.3) is 0 Å². The van der Waals surface area contributed by atoms with Gasteiger partial charge >= 0.3 is 0 Å². The summed E-state index contributed by atoms with van der Waals surface area (Å²) in [4.78, 5) is 0. The number of hydrogen-bond acceptors (Lipinski definition) is 3. The molecule has 2 nitrogen and oxygen atoms in total. The molecule has 0 aromatic heterocycles. The summed E-state index contributed by atoms with van der Waals surface area (Å²) in [6, 6.07) is 9.57. The van der Waals surface area contributed by atoms with Gasteiger partial charge in [0.1, 0.15) is 6.04 Å². The molecule has 1 N–H and O–H groups in total. The van der Waals surface area contributed by atoms with Gasteiger partial charge in [-0.25, -0.2) is 0 Å². The Balaban J connectivity index is 2.47. The first-order valence-corrected chi connectivity index (χ1v) is 6.79. The Labute approximate surface area is 106 Å². The molecule has 1 rings (SSSR count). The van der Waals surface area contributed by atoms with E-state index in [4.69, 9.17) is 16.9 Å². The molecule has 0 saturated heterocycles. The van der Waals surface area contributed by atoms with Gasteiger partial charge in [0.25, 0.3) is 0 Å². The smallest absolute Gasteiger partial charge is 0.115 e. The molecule has 0 heterocycles. The molecule has 16 heavy (non-hydrogen) atoms. The van der Waals surface area contributed by atoms with E-state index < -0.39 is 0 Å². The fourth-order valence-corrected chi connectivity index (χ4v) is 2.18. The van der Waals surface area contributed by atoms with Crippen molar-refractivity contribution in [1.82, 2.24) is 0 Å². The van der Waals surface area contributed by atoms with Gasteiger partial charge in [0.05, 0.1) is 6.07 Å². The fraction of sp³-hybridized carbons (Fsp3) is 0.417. The topological polar surface area (TPSA) is 35.8 Å². The summed E-state index contributed by atoms with van der Waals surface area (Å²) in [5, 5.41) is 12.9. The normalized spacial score (nSPS) is 11.8. The Kier molecular flexibility index (Phi) is 6.14. The summed E-state index contributed by atoms with van der Waals surface area (Å²) >= 11 is 7.72. The van der Waals surface area contributed by atoms with Crippen LogP contribution in [0.2, 0.25) is 5.02 Å². The van der Waals surface area contributed by atoms with Gasteiger partial charge in [-0.2, -0.15) is 17.0 Å². The van der Waals surface area contributed by atoms with E-state index in [1.807, 2.05) is 36.0 Å². The van der Waals surface area contributed by atoms with Crippen molar-refractivity contribution >= 4 is 29.1 Å². The van der Waals surface area contributed by atoms with Gasteiger partial charge in [-0.15, -0.1) is 0 Å². The van der Waals surface area contributed by atoms with Crippen LogP contribution in [0.1, 0.15) is 13.3 Å². The zero-order chi connectivity index (χ0) is 11.8. The molecule has 1 aromatic carbocycles. The van der Waals surface area contributed by atoms with E-state index in [-0.39, 0.29) is 6.04 Å². The van der Waals surface area contributed by atoms with Crippen molar-refractivity contribution in [3.8, 4) is 6.07 Å². The third kappa shape index (κ3) is 4.78. The third-order valence-electron chi connectivity index (χ3n) is 2.08. The number of anilines is 1. The quantitative estimate of drug-likeness (QED) is 0.785. The van der Waals surface area contributed by atoms with Gasteiger partial charge < -0.3 is 5.32 Å². The molecule has 86 valence electrons. The minimum atomic E-state index is -0.141. The SMILES string of the molecule is CCSCCC(C#N)Nc1cccc(Cl)c1. The lowest BCUT2D eigenvalue weighted by Gasteiger charge is -2.12. The predicted octanol–water partition coefficient (Wildman–Crippen LogP) is 3.79. The number of nitrogens with zero attached hydrogens (tertiary/aromatic N) is 1. The molecule has 0 radical (unpaired) electrons. The Morgan fingerprint density at radius 3 is 3.00 bits per heavy atom. The lowest BCUT2D eigenvalue weighted by atomic mass is 10.2. The second-order valence-corrected chi connectivity index (χ2v) is 5.15. The van der Waals surface area contributed by atoms with E-state index >= 15 is 0 Å². The number of benzene rings is 1. The maximum Gasteiger partial charge on any atom is 0.115 e. The zero-order valence-electron chi connectivity index (χ0n) is 9.24. The van der Waals surface area contributed by atoms with Crippen LogP contribution in [0.15, 0.2) is 24.3 Å². The molecule has 0 fully saturated rings. The van der Waals surface area contributed by atoms with E-state index in [1.54, 1.807) is 0 Å². The molecule has 0 amide bonds. The van der Waals surface area contributed by atoms with Crippen LogP contribution in [0, 0.1) is 11.3 Å². The predicted molar refractivity (Wildman–Crippen MR) is 72.1 cm³/mol. The second-order valence-electron chi connectivity index (χ2n) is 3.32. The average molecular weight is 255 g/mol. The summed E-state index contributed by atoms with van der Waals surface area (Å²) in [6.07, 6.45) is 0.849. The van der Waals surface area contributed by atoms with E-state index in [9.17, 15) is 0 Å². The van der Waals surface area contributed by atoms with E-state index in [2.05, 4.69) is 18.3 Å². The highest BCUT2D eigenvalue weighted by atomic mass is 35.5. The average Bonchev–Trinajstić information content (AvgIpc) is 2.28. The summed E-state index contributed by atoms with van der Waals surface area (Å²) in [5.41, 5.74) is 0.903. The molecule has 1 atom stereocenters. The van der Waals surface area contributed by atoms with E-state index in [1.165, 1.54) is 0 Å². The molecule has 4 heteroatoms. The Morgan fingerprint density at radius 2 is 2.38 bits per heavy atom. The molecule has 0 aliphatic carbocycles. The molecule has 0 saturated carbocycles. The van der Waals surface area contributed by atoms with Crippen molar-refractivity contribution in [2.75, 3.05) is 16.8 Å². The molecule has 0 aliphatic heterocycles. The molecular formula is C12H15ClN2S. The summed E-state index contributed by atoms with van der Waals surface area (Å²) in [6.45, 7) is 2.12. The monoisotopic (exact) mass is 254 g/mol. The highest BCUT2D eigenvalue weighted by Gasteiger charge is 2.06. The largest absolute Gasteiger partial charge is 0.370 e. The summed E-state index contributed by atoms with van der Waals surface area (Å²) in [5.74, 6) is 2.09. The van der Waals surface area contributed by atoms with Crippen molar-refractivity contribution < 1.29 is 0 Å².